The van der Waals surface area contributed by atoms with Crippen LogP contribution in [0.2, 0.25) is 0 Å². The summed E-state index contributed by atoms with van der Waals surface area (Å²) in [5.41, 5.74) is -0.190. The Balaban J connectivity index is 1.75. The molecule has 0 unspecified atom stereocenters. The average molecular weight is 538 g/mol. The monoisotopic (exact) mass is 537 g/mol. The second-order valence-electron chi connectivity index (χ2n) is 8.38. The normalized spacial score (nSPS) is 15.5. The lowest BCUT2D eigenvalue weighted by Gasteiger charge is -2.31. The lowest BCUT2D eigenvalue weighted by atomic mass is 10.0. The van der Waals surface area contributed by atoms with Crippen molar-refractivity contribution >= 4 is 27.3 Å². The number of hydrogen-bond acceptors (Lipinski definition) is 8. The molecule has 1 aliphatic rings. The number of sulfonamides is 1. The van der Waals surface area contributed by atoms with Crippen molar-refractivity contribution in [3.63, 3.8) is 0 Å². The number of allylic oxidation sites excluding steroid dienone is 1. The van der Waals surface area contributed by atoms with Crippen LogP contribution in [0.15, 0.2) is 83.4 Å². The van der Waals surface area contributed by atoms with E-state index in [1.807, 2.05) is 0 Å². The fourth-order valence-corrected chi connectivity index (χ4v) is 5.67. The largest absolute Gasteiger partial charge is 0.505 e. The van der Waals surface area contributed by atoms with Crippen molar-refractivity contribution in [2.24, 2.45) is 0 Å². The maximum Gasteiger partial charge on any atom is 0.265 e. The van der Waals surface area contributed by atoms with Crippen LogP contribution in [-0.2, 0) is 14.8 Å². The topological polar surface area (TPSA) is 119 Å². The Morgan fingerprint density at radius 2 is 1.61 bits per heavy atom. The molecule has 38 heavy (non-hydrogen) atoms. The molecule has 1 N–H and O–H groups in total. The molecule has 0 aromatic heterocycles. The molecule has 0 aliphatic carbocycles. The standard InChI is InChI=1S/C28H27NO8S/c1-35-15-8-16-37-24-17-20(13-14-23(24)36-2)22(30)18-29-26(27(31)19-9-4-3-5-10-19)28(32)21-11-6-7-12-25(21)38(29,33)34/h3-7,9-14,17,31H,8,15-16,18H2,1-2H3/b27-26+. The number of Topliss-reactive ketones (excluding diaryl/α,β-unsaturated/α-hetero) is 2. The van der Waals surface area contributed by atoms with Crippen LogP contribution in [0.5, 0.6) is 11.5 Å². The SMILES string of the molecule is COCCCOc1cc(C(=O)CN2/C(=C(/O)c3ccccc3)C(=O)c3ccccc3S2(=O)=O)ccc1OC. The van der Waals surface area contributed by atoms with Crippen molar-refractivity contribution in [1.29, 1.82) is 0 Å². The average Bonchev–Trinajstić information content (AvgIpc) is 2.94. The summed E-state index contributed by atoms with van der Waals surface area (Å²) >= 11 is 0. The number of carbonyl (C=O) groups excluding carboxylic acids is 2. The van der Waals surface area contributed by atoms with Crippen LogP contribution in [0.4, 0.5) is 0 Å². The van der Waals surface area contributed by atoms with Gasteiger partial charge in [0.1, 0.15) is 5.70 Å². The van der Waals surface area contributed by atoms with E-state index in [4.69, 9.17) is 14.2 Å². The van der Waals surface area contributed by atoms with Gasteiger partial charge in [-0.3, -0.25) is 13.9 Å². The van der Waals surface area contributed by atoms with E-state index in [2.05, 4.69) is 0 Å². The van der Waals surface area contributed by atoms with Crippen molar-refractivity contribution in [3.8, 4) is 11.5 Å². The van der Waals surface area contributed by atoms with Gasteiger partial charge in [0.2, 0.25) is 5.78 Å². The predicted octanol–water partition coefficient (Wildman–Crippen LogP) is 4.11. The van der Waals surface area contributed by atoms with E-state index in [9.17, 15) is 23.1 Å². The fraction of sp³-hybridized carbons (Fsp3) is 0.214. The zero-order valence-corrected chi connectivity index (χ0v) is 21.7. The third kappa shape index (κ3) is 5.27. The number of aliphatic hydroxyl groups excluding tert-OH is 1. The van der Waals surface area contributed by atoms with Gasteiger partial charge in [0, 0.05) is 36.8 Å². The number of aliphatic hydroxyl groups is 1. The number of fused-ring (bicyclic) bond motifs is 1. The number of rotatable bonds is 10. The third-order valence-corrected chi connectivity index (χ3v) is 7.76. The summed E-state index contributed by atoms with van der Waals surface area (Å²) in [6.45, 7) is 0.0822. The van der Waals surface area contributed by atoms with Crippen LogP contribution in [0.1, 0.15) is 32.7 Å². The third-order valence-electron chi connectivity index (χ3n) is 5.96. The molecule has 0 spiro atoms. The van der Waals surface area contributed by atoms with Gasteiger partial charge in [-0.2, -0.15) is 0 Å². The number of ether oxygens (including phenoxy) is 3. The summed E-state index contributed by atoms with van der Waals surface area (Å²) in [5, 5.41) is 11.1. The van der Waals surface area contributed by atoms with Gasteiger partial charge in [-0.1, -0.05) is 42.5 Å². The highest BCUT2D eigenvalue weighted by Crippen LogP contribution is 2.36. The van der Waals surface area contributed by atoms with Crippen molar-refractivity contribution in [3.05, 3.63) is 95.2 Å². The first-order chi connectivity index (χ1) is 18.3. The Kier molecular flexibility index (Phi) is 8.13. The van der Waals surface area contributed by atoms with E-state index in [1.54, 1.807) is 43.5 Å². The van der Waals surface area contributed by atoms with Gasteiger partial charge in [-0.25, -0.2) is 8.42 Å². The number of benzene rings is 3. The Morgan fingerprint density at radius 1 is 0.895 bits per heavy atom. The van der Waals surface area contributed by atoms with Crippen molar-refractivity contribution in [1.82, 2.24) is 4.31 Å². The molecule has 0 saturated carbocycles. The first-order valence-electron chi connectivity index (χ1n) is 11.8. The maximum atomic E-state index is 13.7. The summed E-state index contributed by atoms with van der Waals surface area (Å²) in [6, 6.07) is 18.3. The number of ketones is 2. The van der Waals surface area contributed by atoms with E-state index in [0.29, 0.717) is 35.4 Å². The minimum absolute atomic E-state index is 0.0788. The molecule has 4 rings (SSSR count). The van der Waals surface area contributed by atoms with Crippen LogP contribution in [0, 0.1) is 0 Å². The molecular formula is C28H27NO8S. The fourth-order valence-electron chi connectivity index (χ4n) is 4.05. The first-order valence-corrected chi connectivity index (χ1v) is 13.2. The maximum absolute atomic E-state index is 13.7. The first kappa shape index (κ1) is 26.9. The van der Waals surface area contributed by atoms with E-state index >= 15 is 0 Å². The molecule has 10 heteroatoms. The minimum atomic E-state index is -4.36. The number of nitrogens with zero attached hydrogens (tertiary/aromatic N) is 1. The quantitative estimate of drug-likeness (QED) is 0.178. The number of methoxy groups -OCH3 is 2. The van der Waals surface area contributed by atoms with E-state index in [-0.39, 0.29) is 21.6 Å². The summed E-state index contributed by atoms with van der Waals surface area (Å²) in [4.78, 5) is 26.7. The molecule has 3 aromatic rings. The Morgan fingerprint density at radius 3 is 2.32 bits per heavy atom. The molecule has 198 valence electrons. The van der Waals surface area contributed by atoms with Crippen LogP contribution < -0.4 is 9.47 Å². The van der Waals surface area contributed by atoms with Crippen LogP contribution in [0.3, 0.4) is 0 Å². The molecule has 0 saturated heterocycles. The molecule has 0 amide bonds. The summed E-state index contributed by atoms with van der Waals surface area (Å²) < 4.78 is 44.0. The zero-order valence-electron chi connectivity index (χ0n) is 20.9. The van der Waals surface area contributed by atoms with E-state index in [0.717, 1.165) is 0 Å². The molecule has 0 radical (unpaired) electrons. The van der Waals surface area contributed by atoms with Gasteiger partial charge in [0.05, 0.1) is 25.2 Å². The second-order valence-corrected chi connectivity index (χ2v) is 10.2. The Hall–Kier alpha value is -4.15. The molecule has 1 heterocycles. The summed E-state index contributed by atoms with van der Waals surface area (Å²) in [7, 11) is -1.32. The van der Waals surface area contributed by atoms with Gasteiger partial charge in [-0.15, -0.1) is 0 Å². The lowest BCUT2D eigenvalue weighted by molar-refractivity contribution is 0.0951. The van der Waals surface area contributed by atoms with Crippen molar-refractivity contribution < 1.29 is 37.3 Å². The smallest absolute Gasteiger partial charge is 0.265 e. The molecule has 0 bridgehead atoms. The van der Waals surface area contributed by atoms with Crippen molar-refractivity contribution in [2.75, 3.05) is 34.0 Å². The van der Waals surface area contributed by atoms with Gasteiger partial charge in [0.15, 0.2) is 23.0 Å². The van der Waals surface area contributed by atoms with E-state index < -0.39 is 39.6 Å². The van der Waals surface area contributed by atoms with Gasteiger partial charge >= 0.3 is 0 Å². The number of carbonyl (C=O) groups is 2. The molecule has 3 aromatic carbocycles. The molecular weight excluding hydrogens is 510 g/mol. The highest BCUT2D eigenvalue weighted by atomic mass is 32.2. The van der Waals surface area contributed by atoms with E-state index in [1.165, 1.54) is 43.5 Å². The Bertz CT molecular complexity index is 1480. The second kappa shape index (κ2) is 11.5. The highest BCUT2D eigenvalue weighted by molar-refractivity contribution is 7.89. The Labute approximate surface area is 220 Å². The predicted molar refractivity (Wildman–Crippen MR) is 140 cm³/mol. The molecule has 1 aliphatic heterocycles. The van der Waals surface area contributed by atoms with Crippen LogP contribution >= 0.6 is 0 Å². The minimum Gasteiger partial charge on any atom is -0.505 e. The lowest BCUT2D eigenvalue weighted by Crippen LogP contribution is -2.42. The van der Waals surface area contributed by atoms with Crippen molar-refractivity contribution in [2.45, 2.75) is 11.3 Å². The van der Waals surface area contributed by atoms with Gasteiger partial charge < -0.3 is 19.3 Å². The highest BCUT2D eigenvalue weighted by Gasteiger charge is 2.42. The summed E-state index contributed by atoms with van der Waals surface area (Å²) in [6.07, 6.45) is 0.609. The van der Waals surface area contributed by atoms with Crippen LogP contribution in [-0.4, -0.2) is 63.4 Å². The molecule has 0 fully saturated rings. The van der Waals surface area contributed by atoms with Crippen LogP contribution in [0.25, 0.3) is 5.76 Å². The zero-order chi connectivity index (χ0) is 27.3. The molecule has 9 nitrogen and oxygen atoms in total. The molecule has 0 atom stereocenters. The number of hydrogen-bond donors (Lipinski definition) is 1. The van der Waals surface area contributed by atoms with Gasteiger partial charge in [0.25, 0.3) is 10.0 Å². The summed E-state index contributed by atoms with van der Waals surface area (Å²) in [5.74, 6) is -1.15. The van der Waals surface area contributed by atoms with Gasteiger partial charge in [-0.05, 0) is 30.3 Å².